The van der Waals surface area contributed by atoms with Gasteiger partial charge in [0.05, 0.1) is 12.7 Å². The monoisotopic (exact) mass is 289 g/mol. The number of rotatable bonds is 4. The van der Waals surface area contributed by atoms with Gasteiger partial charge in [-0.15, -0.1) is 0 Å². The van der Waals surface area contributed by atoms with Crippen LogP contribution in [0.5, 0.6) is 5.75 Å². The van der Waals surface area contributed by atoms with Gasteiger partial charge in [-0.05, 0) is 47.4 Å². The Morgan fingerprint density at radius 2 is 1.80 bits per heavy atom. The molecule has 1 atom stereocenters. The van der Waals surface area contributed by atoms with Crippen molar-refractivity contribution in [2.45, 2.75) is 6.92 Å². The highest BCUT2D eigenvalue weighted by atomic mass is 31.1. The van der Waals surface area contributed by atoms with Gasteiger partial charge in [0.1, 0.15) is 0 Å². The molecule has 2 rings (SSSR count). The molecule has 0 N–H and O–H groups in total. The summed E-state index contributed by atoms with van der Waals surface area (Å²) in [7, 11) is -0.635. The second kappa shape index (κ2) is 6.31. The van der Waals surface area contributed by atoms with Crippen LogP contribution in [0.4, 0.5) is 0 Å². The number of benzene rings is 2. The van der Waals surface area contributed by atoms with Crippen LogP contribution >= 0.6 is 8.03 Å². The van der Waals surface area contributed by atoms with Gasteiger partial charge < -0.3 is 4.74 Å². The zero-order valence-corrected chi connectivity index (χ0v) is 12.1. The maximum absolute atomic E-state index is 12.1. The molecule has 0 spiro atoms. The Bertz CT molecular complexity index is 638. The van der Waals surface area contributed by atoms with Gasteiger partial charge in [-0.2, -0.15) is 0 Å². The molecular weight excluding hydrogens is 275 g/mol. The second-order valence-electron chi connectivity index (χ2n) is 4.16. The predicted molar refractivity (Wildman–Crippen MR) is 76.8 cm³/mol. The van der Waals surface area contributed by atoms with Gasteiger partial charge in [-0.25, -0.2) is 9.32 Å². The molecule has 0 heterocycles. The van der Waals surface area contributed by atoms with Crippen molar-refractivity contribution in [1.82, 2.24) is 0 Å². The van der Waals surface area contributed by atoms with E-state index in [4.69, 9.17) is 4.52 Å². The lowest BCUT2D eigenvalue weighted by molar-refractivity contribution is 0.0600. The maximum atomic E-state index is 12.1. The summed E-state index contributed by atoms with van der Waals surface area (Å²) >= 11 is 0. The highest BCUT2D eigenvalue weighted by molar-refractivity contribution is 7.48. The number of hydrogen-bond donors (Lipinski definition) is 0. The average molecular weight is 289 g/mol. The van der Waals surface area contributed by atoms with Crippen molar-refractivity contribution < 1.29 is 18.6 Å². The molecule has 2 aromatic carbocycles. The van der Waals surface area contributed by atoms with Crippen LogP contribution in [0.1, 0.15) is 15.9 Å². The Labute approximate surface area is 118 Å². The van der Waals surface area contributed by atoms with Gasteiger partial charge in [0.25, 0.3) is 0 Å². The third kappa shape index (κ3) is 3.22. The largest absolute Gasteiger partial charge is 0.597 e. The first-order valence-corrected chi connectivity index (χ1v) is 7.19. The molecule has 0 saturated carbocycles. The van der Waals surface area contributed by atoms with Gasteiger partial charge in [0, 0.05) is 0 Å². The molecule has 0 aromatic heterocycles. The van der Waals surface area contributed by atoms with E-state index in [1.165, 1.54) is 7.11 Å². The molecular formula is C15H14O4P+. The summed E-state index contributed by atoms with van der Waals surface area (Å²) in [6, 6.07) is 13.8. The third-order valence-corrected chi connectivity index (χ3v) is 3.83. The predicted octanol–water partition coefficient (Wildman–Crippen LogP) is 3.23. The molecule has 0 amide bonds. The van der Waals surface area contributed by atoms with Gasteiger partial charge in [0.2, 0.25) is 5.30 Å². The maximum Gasteiger partial charge on any atom is 0.597 e. The van der Waals surface area contributed by atoms with Crippen molar-refractivity contribution in [2.75, 3.05) is 7.11 Å². The lowest BCUT2D eigenvalue weighted by Crippen LogP contribution is -2.03. The zero-order valence-electron chi connectivity index (χ0n) is 11.2. The van der Waals surface area contributed by atoms with Crippen molar-refractivity contribution >= 4 is 19.3 Å². The van der Waals surface area contributed by atoms with Crippen molar-refractivity contribution in [2.24, 2.45) is 0 Å². The molecule has 102 valence electrons. The second-order valence-corrected chi connectivity index (χ2v) is 5.37. The number of aryl methyl sites for hydroxylation is 1. The summed E-state index contributed by atoms with van der Waals surface area (Å²) in [5, 5.41) is 0.624. The number of carbonyl (C=O) groups excluding carboxylic acids is 1. The first-order chi connectivity index (χ1) is 9.61. The Hall–Kier alpha value is -2.19. The molecule has 0 radical (unpaired) electrons. The quantitative estimate of drug-likeness (QED) is 0.640. The molecule has 5 heteroatoms. The first kappa shape index (κ1) is 14.2. The van der Waals surface area contributed by atoms with Crippen LogP contribution in [0.15, 0.2) is 48.5 Å². The van der Waals surface area contributed by atoms with Gasteiger partial charge in [0.15, 0.2) is 5.75 Å². The van der Waals surface area contributed by atoms with E-state index < -0.39 is 14.0 Å². The van der Waals surface area contributed by atoms with Crippen molar-refractivity contribution in [1.29, 1.82) is 0 Å². The van der Waals surface area contributed by atoms with E-state index in [2.05, 4.69) is 4.74 Å². The number of ether oxygens (including phenoxy) is 1. The fourth-order valence-corrected chi connectivity index (χ4v) is 2.59. The number of esters is 1. The smallest absolute Gasteiger partial charge is 0.465 e. The van der Waals surface area contributed by atoms with Gasteiger partial charge in [-0.3, -0.25) is 0 Å². The number of hydrogen-bond acceptors (Lipinski definition) is 4. The number of carbonyl (C=O) groups is 1. The van der Waals surface area contributed by atoms with Crippen LogP contribution in [0, 0.1) is 6.92 Å². The molecule has 20 heavy (non-hydrogen) atoms. The molecule has 1 unspecified atom stereocenters. The zero-order chi connectivity index (χ0) is 14.5. The van der Waals surface area contributed by atoms with Crippen LogP contribution in [0.2, 0.25) is 0 Å². The Balaban J connectivity index is 2.18. The lowest BCUT2D eigenvalue weighted by Gasteiger charge is -2.02. The Morgan fingerprint density at radius 1 is 1.10 bits per heavy atom. The molecule has 0 aliphatic carbocycles. The van der Waals surface area contributed by atoms with E-state index in [0.717, 1.165) is 5.56 Å². The third-order valence-electron chi connectivity index (χ3n) is 2.74. The van der Waals surface area contributed by atoms with Crippen molar-refractivity contribution in [3.63, 3.8) is 0 Å². The topological polar surface area (TPSA) is 52.6 Å². The van der Waals surface area contributed by atoms with Crippen molar-refractivity contribution in [3.8, 4) is 5.75 Å². The first-order valence-electron chi connectivity index (χ1n) is 6.01. The minimum Gasteiger partial charge on any atom is -0.465 e. The standard InChI is InChI=1S/C15H14O4P/c1-11-10-12(15(16)18-2)8-9-14(11)19-20(17)13-6-4-3-5-7-13/h3-10H,1-2H3/q+1. The van der Waals surface area contributed by atoms with E-state index in [-0.39, 0.29) is 0 Å². The summed E-state index contributed by atoms with van der Waals surface area (Å²) in [4.78, 5) is 11.4. The molecule has 0 fully saturated rings. The van der Waals surface area contributed by atoms with E-state index in [9.17, 15) is 9.36 Å². The van der Waals surface area contributed by atoms with Gasteiger partial charge >= 0.3 is 14.0 Å². The van der Waals surface area contributed by atoms with E-state index in [1.54, 1.807) is 49.4 Å². The highest BCUT2D eigenvalue weighted by Gasteiger charge is 2.24. The summed E-state index contributed by atoms with van der Waals surface area (Å²) in [5.74, 6) is 0.0784. The highest BCUT2D eigenvalue weighted by Crippen LogP contribution is 2.29. The number of methoxy groups -OCH3 is 1. The molecule has 0 aliphatic heterocycles. The van der Waals surface area contributed by atoms with E-state index in [1.807, 2.05) is 6.07 Å². The Morgan fingerprint density at radius 3 is 2.40 bits per heavy atom. The minimum absolute atomic E-state index is 0.410. The fraction of sp³-hybridized carbons (Fsp3) is 0.133. The summed E-state index contributed by atoms with van der Waals surface area (Å²) < 4.78 is 22.2. The minimum atomic E-state index is -1.96. The lowest BCUT2D eigenvalue weighted by atomic mass is 10.1. The fourth-order valence-electron chi connectivity index (χ4n) is 1.69. The summed E-state index contributed by atoms with van der Waals surface area (Å²) in [6.07, 6.45) is 0. The van der Waals surface area contributed by atoms with Crippen LogP contribution in [-0.2, 0) is 9.30 Å². The molecule has 0 aliphatic rings. The summed E-state index contributed by atoms with van der Waals surface area (Å²) in [5.41, 5.74) is 1.17. The average Bonchev–Trinajstić information content (AvgIpc) is 2.49. The van der Waals surface area contributed by atoms with Crippen LogP contribution in [0.25, 0.3) is 0 Å². The molecule has 4 nitrogen and oxygen atoms in total. The van der Waals surface area contributed by atoms with Crippen LogP contribution in [0.3, 0.4) is 0 Å². The van der Waals surface area contributed by atoms with Crippen LogP contribution in [-0.4, -0.2) is 13.1 Å². The van der Waals surface area contributed by atoms with E-state index >= 15 is 0 Å². The summed E-state index contributed by atoms with van der Waals surface area (Å²) in [6.45, 7) is 1.79. The van der Waals surface area contributed by atoms with Crippen molar-refractivity contribution in [3.05, 3.63) is 59.7 Å². The Kier molecular flexibility index (Phi) is 4.49. The normalized spacial score (nSPS) is 10.8. The SMILES string of the molecule is COC(=O)c1ccc(O[P+](=O)c2ccccc2)c(C)c1. The van der Waals surface area contributed by atoms with Crippen LogP contribution < -0.4 is 9.83 Å². The molecule has 0 bridgehead atoms. The molecule has 2 aromatic rings. The van der Waals surface area contributed by atoms with Gasteiger partial charge in [-0.1, -0.05) is 18.2 Å². The van der Waals surface area contributed by atoms with E-state index in [0.29, 0.717) is 16.6 Å². The molecule has 0 saturated heterocycles.